The third kappa shape index (κ3) is 3.93. The van der Waals surface area contributed by atoms with Crippen molar-refractivity contribution in [3.05, 3.63) is 76.4 Å². The Kier molecular flexibility index (Phi) is 5.20. The molecule has 1 heterocycles. The number of aromatic nitrogens is 1. The highest BCUT2D eigenvalue weighted by Crippen LogP contribution is 2.22. The zero-order valence-corrected chi connectivity index (χ0v) is 13.9. The first-order valence-corrected chi connectivity index (χ1v) is 8.27. The number of nitrogens with zero attached hydrogens (tertiary/aromatic N) is 1. The van der Waals surface area contributed by atoms with Crippen molar-refractivity contribution in [2.75, 3.05) is 6.61 Å². The predicted octanol–water partition coefficient (Wildman–Crippen LogP) is 5.15. The average Bonchev–Trinajstić information content (AvgIpc) is 2.55. The van der Waals surface area contributed by atoms with Gasteiger partial charge >= 0.3 is 0 Å². The fourth-order valence-corrected chi connectivity index (χ4v) is 2.88. The first-order chi connectivity index (χ1) is 10.8. The molecule has 0 bridgehead atoms. The second kappa shape index (κ2) is 7.52. The van der Waals surface area contributed by atoms with Crippen molar-refractivity contribution in [1.29, 1.82) is 0 Å². The van der Waals surface area contributed by atoms with E-state index in [0.717, 1.165) is 29.4 Å². The van der Waals surface area contributed by atoms with Crippen LogP contribution in [0.15, 0.2) is 65.3 Å². The summed E-state index contributed by atoms with van der Waals surface area (Å²) >= 11 is 3.49. The molecule has 0 saturated heterocycles. The van der Waals surface area contributed by atoms with Crippen LogP contribution >= 0.6 is 15.9 Å². The zero-order chi connectivity index (χ0) is 15.2. The number of fused-ring (bicyclic) bond motifs is 1. The summed E-state index contributed by atoms with van der Waals surface area (Å²) < 4.78 is 6.82. The lowest BCUT2D eigenvalue weighted by Gasteiger charge is -2.07. The minimum atomic E-state index is 0.685. The number of pyridine rings is 1. The zero-order valence-electron chi connectivity index (χ0n) is 12.3. The Morgan fingerprint density at radius 2 is 1.86 bits per heavy atom. The minimum Gasteiger partial charge on any atom is -0.377 e. The summed E-state index contributed by atoms with van der Waals surface area (Å²) in [5, 5.41) is 1.23. The van der Waals surface area contributed by atoms with Gasteiger partial charge < -0.3 is 4.74 Å². The Hall–Kier alpha value is -1.71. The molecule has 0 fully saturated rings. The average molecular weight is 356 g/mol. The van der Waals surface area contributed by atoms with E-state index in [4.69, 9.17) is 4.74 Å². The van der Waals surface area contributed by atoms with Crippen LogP contribution < -0.4 is 0 Å². The highest BCUT2D eigenvalue weighted by molar-refractivity contribution is 9.10. The summed E-state index contributed by atoms with van der Waals surface area (Å²) in [4.78, 5) is 4.43. The quantitative estimate of drug-likeness (QED) is 0.570. The van der Waals surface area contributed by atoms with E-state index in [2.05, 4.69) is 57.3 Å². The molecule has 3 rings (SSSR count). The van der Waals surface area contributed by atoms with Crippen LogP contribution in [0.5, 0.6) is 0 Å². The van der Waals surface area contributed by atoms with Crippen molar-refractivity contribution in [2.45, 2.75) is 19.4 Å². The summed E-state index contributed by atoms with van der Waals surface area (Å²) in [6, 6.07) is 18.7. The lowest BCUT2D eigenvalue weighted by molar-refractivity contribution is 0.119. The summed E-state index contributed by atoms with van der Waals surface area (Å²) in [5.41, 5.74) is 3.60. The Labute approximate surface area is 139 Å². The largest absolute Gasteiger partial charge is 0.377 e. The van der Waals surface area contributed by atoms with Crippen LogP contribution in [0.4, 0.5) is 0 Å². The van der Waals surface area contributed by atoms with Crippen molar-refractivity contribution in [2.24, 2.45) is 0 Å². The SMILES string of the molecule is Brc1ccc2c(CCCOCc3ccccc3)ccnc2c1. The number of rotatable bonds is 6. The Bertz CT molecular complexity index is 743. The standard InChI is InChI=1S/C19H18BrNO/c20-17-8-9-18-16(10-11-21-19(18)13-17)7-4-12-22-14-15-5-2-1-3-6-15/h1-3,5-6,8-11,13H,4,7,12,14H2. The van der Waals surface area contributed by atoms with Gasteiger partial charge in [0.05, 0.1) is 12.1 Å². The third-order valence-electron chi connectivity index (χ3n) is 3.64. The number of hydrogen-bond acceptors (Lipinski definition) is 2. The summed E-state index contributed by atoms with van der Waals surface area (Å²) in [6.07, 6.45) is 3.91. The monoisotopic (exact) mass is 355 g/mol. The predicted molar refractivity (Wildman–Crippen MR) is 93.9 cm³/mol. The molecule has 22 heavy (non-hydrogen) atoms. The van der Waals surface area contributed by atoms with Crippen LogP contribution in [0.3, 0.4) is 0 Å². The fourth-order valence-electron chi connectivity index (χ4n) is 2.53. The second-order valence-electron chi connectivity index (χ2n) is 5.27. The summed E-state index contributed by atoms with van der Waals surface area (Å²) in [5.74, 6) is 0. The molecule has 3 aromatic rings. The van der Waals surface area contributed by atoms with E-state index in [1.54, 1.807) is 0 Å². The molecular formula is C19H18BrNO. The number of aryl methyl sites for hydroxylation is 1. The van der Waals surface area contributed by atoms with Crippen LogP contribution in [0, 0.1) is 0 Å². The van der Waals surface area contributed by atoms with Crippen LogP contribution in [-0.4, -0.2) is 11.6 Å². The van der Waals surface area contributed by atoms with Crippen LogP contribution in [0.2, 0.25) is 0 Å². The first-order valence-electron chi connectivity index (χ1n) is 7.48. The molecule has 0 aliphatic rings. The van der Waals surface area contributed by atoms with Gasteiger partial charge in [0, 0.05) is 22.7 Å². The molecule has 0 saturated carbocycles. The molecule has 0 unspecified atom stereocenters. The molecule has 0 spiro atoms. The van der Waals surface area contributed by atoms with Crippen LogP contribution in [0.1, 0.15) is 17.5 Å². The van der Waals surface area contributed by atoms with Gasteiger partial charge in [0.25, 0.3) is 0 Å². The van der Waals surface area contributed by atoms with Crippen LogP contribution in [0.25, 0.3) is 10.9 Å². The highest BCUT2D eigenvalue weighted by Gasteiger charge is 2.02. The minimum absolute atomic E-state index is 0.685. The van der Waals surface area contributed by atoms with E-state index < -0.39 is 0 Å². The lowest BCUT2D eigenvalue weighted by atomic mass is 10.1. The van der Waals surface area contributed by atoms with Gasteiger partial charge in [-0.2, -0.15) is 0 Å². The third-order valence-corrected chi connectivity index (χ3v) is 4.13. The summed E-state index contributed by atoms with van der Waals surface area (Å²) in [6.45, 7) is 1.46. The molecule has 0 amide bonds. The molecule has 2 aromatic carbocycles. The maximum Gasteiger partial charge on any atom is 0.0716 e. The van der Waals surface area contributed by atoms with Crippen molar-refractivity contribution in [3.8, 4) is 0 Å². The molecular weight excluding hydrogens is 338 g/mol. The van der Waals surface area contributed by atoms with E-state index in [1.165, 1.54) is 16.5 Å². The molecule has 0 aliphatic heterocycles. The van der Waals surface area contributed by atoms with Gasteiger partial charge in [-0.05, 0) is 42.2 Å². The molecule has 0 N–H and O–H groups in total. The fraction of sp³-hybridized carbons (Fsp3) is 0.211. The molecule has 112 valence electrons. The lowest BCUT2D eigenvalue weighted by Crippen LogP contribution is -1.98. The van der Waals surface area contributed by atoms with Gasteiger partial charge in [-0.25, -0.2) is 0 Å². The van der Waals surface area contributed by atoms with Gasteiger partial charge in [-0.15, -0.1) is 0 Å². The van der Waals surface area contributed by atoms with Crippen molar-refractivity contribution >= 4 is 26.8 Å². The molecule has 1 aromatic heterocycles. The second-order valence-corrected chi connectivity index (χ2v) is 6.19. The Morgan fingerprint density at radius 3 is 2.73 bits per heavy atom. The molecule has 0 radical (unpaired) electrons. The van der Waals surface area contributed by atoms with Crippen LogP contribution in [-0.2, 0) is 17.8 Å². The molecule has 0 aliphatic carbocycles. The maximum atomic E-state index is 5.75. The van der Waals surface area contributed by atoms with E-state index in [9.17, 15) is 0 Å². The van der Waals surface area contributed by atoms with E-state index >= 15 is 0 Å². The van der Waals surface area contributed by atoms with Gasteiger partial charge in [0.2, 0.25) is 0 Å². The van der Waals surface area contributed by atoms with Crippen molar-refractivity contribution in [1.82, 2.24) is 4.98 Å². The highest BCUT2D eigenvalue weighted by atomic mass is 79.9. The number of ether oxygens (including phenoxy) is 1. The molecule has 3 heteroatoms. The number of halogens is 1. The van der Waals surface area contributed by atoms with Crippen molar-refractivity contribution < 1.29 is 4.74 Å². The van der Waals surface area contributed by atoms with Gasteiger partial charge in [-0.3, -0.25) is 4.98 Å². The number of benzene rings is 2. The topological polar surface area (TPSA) is 22.1 Å². The Balaban J connectivity index is 1.54. The number of hydrogen-bond donors (Lipinski definition) is 0. The van der Waals surface area contributed by atoms with E-state index in [0.29, 0.717) is 6.61 Å². The van der Waals surface area contributed by atoms with Crippen molar-refractivity contribution in [3.63, 3.8) is 0 Å². The molecule has 2 nitrogen and oxygen atoms in total. The maximum absolute atomic E-state index is 5.75. The van der Waals surface area contributed by atoms with Gasteiger partial charge in [-0.1, -0.05) is 52.3 Å². The van der Waals surface area contributed by atoms with Gasteiger partial charge in [0.15, 0.2) is 0 Å². The first kappa shape index (κ1) is 15.2. The van der Waals surface area contributed by atoms with Gasteiger partial charge in [0.1, 0.15) is 0 Å². The molecule has 0 atom stereocenters. The summed E-state index contributed by atoms with van der Waals surface area (Å²) in [7, 11) is 0. The normalized spacial score (nSPS) is 11.0. The Morgan fingerprint density at radius 1 is 1.00 bits per heavy atom. The van der Waals surface area contributed by atoms with E-state index in [1.807, 2.05) is 24.4 Å². The van der Waals surface area contributed by atoms with E-state index in [-0.39, 0.29) is 0 Å². The smallest absolute Gasteiger partial charge is 0.0716 e.